The fraction of sp³-hybridized carbons (Fsp3) is 0.647. The quantitative estimate of drug-likeness (QED) is 0.360. The number of rotatable bonds is 10. The molecule has 0 aliphatic carbocycles. The highest BCUT2D eigenvalue weighted by molar-refractivity contribution is 5.98. The van der Waals surface area contributed by atoms with Crippen molar-refractivity contribution in [2.45, 2.75) is 71.6 Å². The Balaban J connectivity index is 2.57. The normalized spacial score (nSPS) is 12.4. The van der Waals surface area contributed by atoms with E-state index >= 15 is 0 Å². The Labute approximate surface area is 140 Å². The van der Waals surface area contributed by atoms with Crippen molar-refractivity contribution >= 4 is 10.5 Å². The molecule has 1 rings (SSSR count). The van der Waals surface area contributed by atoms with E-state index in [9.17, 15) is 8.78 Å². The molecule has 23 heavy (non-hydrogen) atoms. The van der Waals surface area contributed by atoms with Gasteiger partial charge in [0.05, 0.1) is 12.2 Å². The summed E-state index contributed by atoms with van der Waals surface area (Å²) in [5.41, 5.74) is 0.505. The molecule has 0 aliphatic heterocycles. The van der Waals surface area contributed by atoms with Crippen LogP contribution in [0.15, 0.2) is 18.2 Å². The maximum Gasteiger partial charge on any atom is 0.273 e. The summed E-state index contributed by atoms with van der Waals surface area (Å²) in [6.07, 6.45) is 2.30. The summed E-state index contributed by atoms with van der Waals surface area (Å²) in [6, 6.07) is 3.66. The first-order chi connectivity index (χ1) is 10.8. The first-order valence-corrected chi connectivity index (χ1v) is 8.33. The van der Waals surface area contributed by atoms with Crippen LogP contribution < -0.4 is 0 Å². The van der Waals surface area contributed by atoms with Gasteiger partial charge in [0.25, 0.3) is 16.5 Å². The average Bonchev–Trinajstić information content (AvgIpc) is 2.44. The molecule has 129 valence electrons. The maximum absolute atomic E-state index is 13.6. The van der Waals surface area contributed by atoms with Gasteiger partial charge in [-0.3, -0.25) is 0 Å². The molecule has 1 aromatic carbocycles. The fourth-order valence-electron chi connectivity index (χ4n) is 2.34. The van der Waals surface area contributed by atoms with Crippen molar-refractivity contribution in [2.75, 3.05) is 0 Å². The van der Waals surface area contributed by atoms with E-state index in [2.05, 4.69) is 10.5 Å². The van der Waals surface area contributed by atoms with E-state index in [1.165, 1.54) is 12.1 Å². The number of hydrogen-bond donors (Lipinski definition) is 0. The zero-order valence-electron chi connectivity index (χ0n) is 14.2. The molecule has 0 fully saturated rings. The lowest BCUT2D eigenvalue weighted by molar-refractivity contribution is -0.369. The molecule has 0 bridgehead atoms. The van der Waals surface area contributed by atoms with Crippen molar-refractivity contribution < 1.29 is 22.7 Å². The van der Waals surface area contributed by atoms with E-state index < -0.39 is 17.6 Å². The van der Waals surface area contributed by atoms with Gasteiger partial charge in [-0.1, -0.05) is 6.07 Å². The highest BCUT2D eigenvalue weighted by atomic mass is 28.2. The highest BCUT2D eigenvalue weighted by Crippen LogP contribution is 2.26. The smallest absolute Gasteiger partial charge is 0.273 e. The third-order valence-electron chi connectivity index (χ3n) is 3.18. The SMILES string of the molecule is CC(C)OC(CCCCc1ccc(F)cc1F)(O[Si])OC(C)C. The van der Waals surface area contributed by atoms with Crippen LogP contribution in [-0.4, -0.2) is 28.7 Å². The Bertz CT molecular complexity index is 471. The zero-order valence-corrected chi connectivity index (χ0v) is 15.2. The monoisotopic (exact) mass is 343 g/mol. The minimum absolute atomic E-state index is 0.0698. The van der Waals surface area contributed by atoms with E-state index in [4.69, 9.17) is 13.9 Å². The van der Waals surface area contributed by atoms with Gasteiger partial charge in [-0.2, -0.15) is 0 Å². The van der Waals surface area contributed by atoms with Crippen LogP contribution in [0.5, 0.6) is 0 Å². The zero-order chi connectivity index (χ0) is 17.5. The Morgan fingerprint density at radius 3 is 2.13 bits per heavy atom. The fourth-order valence-corrected chi connectivity index (χ4v) is 2.54. The van der Waals surface area contributed by atoms with Crippen LogP contribution in [0.25, 0.3) is 0 Å². The van der Waals surface area contributed by atoms with Crippen LogP contribution in [0.3, 0.4) is 0 Å². The molecule has 0 atom stereocenters. The van der Waals surface area contributed by atoms with Crippen LogP contribution in [0, 0.1) is 11.6 Å². The van der Waals surface area contributed by atoms with Crippen molar-refractivity contribution in [2.24, 2.45) is 0 Å². The van der Waals surface area contributed by atoms with E-state index in [1.807, 2.05) is 27.7 Å². The molecule has 1 aromatic rings. The number of benzene rings is 1. The van der Waals surface area contributed by atoms with Gasteiger partial charge in [-0.15, -0.1) is 0 Å². The van der Waals surface area contributed by atoms with Crippen LogP contribution in [0.4, 0.5) is 8.78 Å². The predicted octanol–water partition coefficient (Wildman–Crippen LogP) is 4.28. The van der Waals surface area contributed by atoms with Gasteiger partial charge in [-0.05, 0) is 58.6 Å². The van der Waals surface area contributed by atoms with Gasteiger partial charge in [0.2, 0.25) is 0 Å². The third-order valence-corrected chi connectivity index (χ3v) is 3.49. The number of ether oxygens (including phenoxy) is 2. The molecule has 6 heteroatoms. The summed E-state index contributed by atoms with van der Waals surface area (Å²) < 4.78 is 43.3. The minimum Gasteiger partial charge on any atom is -0.371 e. The summed E-state index contributed by atoms with van der Waals surface area (Å²) in [4.78, 5) is 0. The summed E-state index contributed by atoms with van der Waals surface area (Å²) in [7, 11) is 3.05. The number of aryl methyl sites for hydroxylation is 1. The second-order valence-electron chi connectivity index (χ2n) is 6.06. The molecule has 0 aliphatic rings. The third kappa shape index (κ3) is 7.08. The molecule has 0 amide bonds. The van der Waals surface area contributed by atoms with Gasteiger partial charge in [-0.25, -0.2) is 8.78 Å². The van der Waals surface area contributed by atoms with Gasteiger partial charge in [0.1, 0.15) is 11.6 Å². The van der Waals surface area contributed by atoms with Crippen LogP contribution in [0.2, 0.25) is 0 Å². The molecule has 0 heterocycles. The topological polar surface area (TPSA) is 27.7 Å². The number of halogens is 2. The minimum atomic E-state index is -1.17. The molecule has 0 spiro atoms. The van der Waals surface area contributed by atoms with Crippen molar-refractivity contribution in [1.29, 1.82) is 0 Å². The molecule has 0 saturated heterocycles. The standard InChI is InChI=1S/C17H25F2O3Si/c1-12(2)20-17(22-23,21-13(3)4)10-6-5-7-14-8-9-15(18)11-16(14)19/h8-9,11-13H,5-7,10H2,1-4H3. The second-order valence-corrected chi connectivity index (χ2v) is 6.27. The van der Waals surface area contributed by atoms with Crippen LogP contribution >= 0.6 is 0 Å². The number of hydrogen-bond acceptors (Lipinski definition) is 3. The molecule has 3 radical (unpaired) electrons. The lowest BCUT2D eigenvalue weighted by Gasteiger charge is -2.35. The van der Waals surface area contributed by atoms with Gasteiger partial charge >= 0.3 is 0 Å². The first kappa shape index (κ1) is 20.2. The van der Waals surface area contributed by atoms with Gasteiger partial charge < -0.3 is 13.9 Å². The lowest BCUT2D eigenvalue weighted by Crippen LogP contribution is -2.42. The molecule has 3 nitrogen and oxygen atoms in total. The second kappa shape index (κ2) is 9.47. The Kier molecular flexibility index (Phi) is 8.32. The van der Waals surface area contributed by atoms with E-state index in [-0.39, 0.29) is 12.2 Å². The summed E-state index contributed by atoms with van der Waals surface area (Å²) in [5.74, 6) is -2.24. The molecular formula is C17H25F2O3Si. The summed E-state index contributed by atoms with van der Waals surface area (Å²) >= 11 is 0. The molecular weight excluding hydrogens is 318 g/mol. The maximum atomic E-state index is 13.6. The van der Waals surface area contributed by atoms with Crippen LogP contribution in [-0.2, 0) is 20.3 Å². The summed E-state index contributed by atoms with van der Waals surface area (Å²) in [6.45, 7) is 7.60. The Hall–Kier alpha value is -0.823. The predicted molar refractivity (Wildman–Crippen MR) is 85.9 cm³/mol. The van der Waals surface area contributed by atoms with Crippen molar-refractivity contribution in [3.05, 3.63) is 35.4 Å². The first-order valence-electron chi connectivity index (χ1n) is 7.92. The average molecular weight is 343 g/mol. The Morgan fingerprint density at radius 1 is 1.04 bits per heavy atom. The van der Waals surface area contributed by atoms with Crippen molar-refractivity contribution in [1.82, 2.24) is 0 Å². The largest absolute Gasteiger partial charge is 0.371 e. The van der Waals surface area contributed by atoms with Crippen LogP contribution in [0.1, 0.15) is 52.5 Å². The van der Waals surface area contributed by atoms with E-state index in [0.29, 0.717) is 31.2 Å². The summed E-state index contributed by atoms with van der Waals surface area (Å²) in [5, 5.41) is 0. The molecule has 0 N–H and O–H groups in total. The Morgan fingerprint density at radius 2 is 1.65 bits per heavy atom. The number of unbranched alkanes of at least 4 members (excludes halogenated alkanes) is 1. The van der Waals surface area contributed by atoms with Crippen molar-refractivity contribution in [3.8, 4) is 0 Å². The lowest BCUT2D eigenvalue weighted by atomic mass is 10.1. The van der Waals surface area contributed by atoms with E-state index in [0.717, 1.165) is 6.07 Å². The van der Waals surface area contributed by atoms with Gasteiger partial charge in [0, 0.05) is 12.5 Å². The molecule has 0 unspecified atom stereocenters. The molecule has 0 aromatic heterocycles. The van der Waals surface area contributed by atoms with E-state index in [1.54, 1.807) is 0 Å². The molecule has 0 saturated carbocycles. The highest BCUT2D eigenvalue weighted by Gasteiger charge is 2.33. The van der Waals surface area contributed by atoms with Gasteiger partial charge in [0.15, 0.2) is 0 Å². The van der Waals surface area contributed by atoms with Crippen molar-refractivity contribution in [3.63, 3.8) is 0 Å².